The number of para-hydroxylation sites is 1. The van der Waals surface area contributed by atoms with Crippen LogP contribution in [0, 0.1) is 0 Å². The summed E-state index contributed by atoms with van der Waals surface area (Å²) < 4.78 is 0. The van der Waals surface area contributed by atoms with Crippen molar-refractivity contribution in [1.29, 1.82) is 0 Å². The molecule has 0 heterocycles. The average Bonchev–Trinajstić information content (AvgIpc) is 2.51. The Labute approximate surface area is 146 Å². The van der Waals surface area contributed by atoms with Crippen LogP contribution in [0.15, 0.2) is 18.2 Å². The van der Waals surface area contributed by atoms with E-state index in [4.69, 9.17) is 0 Å². The third-order valence-electron chi connectivity index (χ3n) is 4.22. The van der Waals surface area contributed by atoms with Crippen molar-refractivity contribution < 1.29 is 9.59 Å². The standard InChI is InChI=1S/C20H32N2O2/c1-7-8-12-22(6)19(24)13-18(23)21-20-16(14(2)3)10-9-11-17(20)15(4)5/h9-11,14-15H,7-8,12-13H2,1-6H3,(H,21,23). The number of carbonyl (C=O) groups excluding carboxylic acids is 2. The minimum absolute atomic E-state index is 0.107. The quantitative estimate of drug-likeness (QED) is 0.712. The summed E-state index contributed by atoms with van der Waals surface area (Å²) in [6.45, 7) is 11.2. The Kier molecular flexibility index (Phi) is 7.96. The van der Waals surface area contributed by atoms with Crippen LogP contribution in [0.4, 0.5) is 5.69 Å². The molecular formula is C20H32N2O2. The average molecular weight is 332 g/mol. The molecule has 0 aliphatic carbocycles. The predicted octanol–water partition coefficient (Wildman–Crippen LogP) is 4.52. The maximum absolute atomic E-state index is 12.4. The van der Waals surface area contributed by atoms with Gasteiger partial charge in [0.1, 0.15) is 6.42 Å². The maximum Gasteiger partial charge on any atom is 0.233 e. The molecular weight excluding hydrogens is 300 g/mol. The summed E-state index contributed by atoms with van der Waals surface area (Å²) in [7, 11) is 1.76. The molecule has 1 aromatic carbocycles. The predicted molar refractivity (Wildman–Crippen MR) is 100 cm³/mol. The first kappa shape index (κ1) is 20.2. The van der Waals surface area contributed by atoms with Gasteiger partial charge in [0, 0.05) is 19.3 Å². The number of rotatable bonds is 8. The molecule has 1 rings (SSSR count). The number of amides is 2. The molecule has 0 saturated carbocycles. The first-order valence-corrected chi connectivity index (χ1v) is 8.94. The lowest BCUT2D eigenvalue weighted by atomic mass is 9.92. The molecule has 0 bridgehead atoms. The number of carbonyl (C=O) groups is 2. The zero-order chi connectivity index (χ0) is 18.3. The van der Waals surface area contributed by atoms with Crippen LogP contribution in [0.25, 0.3) is 0 Å². The second-order valence-electron chi connectivity index (χ2n) is 7.01. The van der Waals surface area contributed by atoms with E-state index in [1.807, 2.05) is 18.2 Å². The Morgan fingerprint density at radius 3 is 2.08 bits per heavy atom. The number of unbranched alkanes of at least 4 members (excludes halogenated alkanes) is 1. The van der Waals surface area contributed by atoms with Gasteiger partial charge in [-0.25, -0.2) is 0 Å². The SMILES string of the molecule is CCCCN(C)C(=O)CC(=O)Nc1c(C(C)C)cccc1C(C)C. The summed E-state index contributed by atoms with van der Waals surface area (Å²) in [5.74, 6) is 0.247. The second-order valence-corrected chi connectivity index (χ2v) is 7.01. The zero-order valence-electron chi connectivity index (χ0n) is 16.0. The molecule has 1 N–H and O–H groups in total. The maximum atomic E-state index is 12.4. The summed E-state index contributed by atoms with van der Waals surface area (Å²) >= 11 is 0. The molecule has 134 valence electrons. The van der Waals surface area contributed by atoms with Crippen molar-refractivity contribution in [2.24, 2.45) is 0 Å². The molecule has 4 heteroatoms. The van der Waals surface area contributed by atoms with E-state index in [1.54, 1.807) is 11.9 Å². The fraction of sp³-hybridized carbons (Fsp3) is 0.600. The van der Waals surface area contributed by atoms with Crippen molar-refractivity contribution in [2.45, 2.75) is 65.7 Å². The first-order chi connectivity index (χ1) is 11.3. The van der Waals surface area contributed by atoms with Gasteiger partial charge < -0.3 is 10.2 Å². The second kappa shape index (κ2) is 9.45. The third-order valence-corrected chi connectivity index (χ3v) is 4.22. The number of hydrogen-bond acceptors (Lipinski definition) is 2. The van der Waals surface area contributed by atoms with Crippen molar-refractivity contribution in [3.8, 4) is 0 Å². The molecule has 4 nitrogen and oxygen atoms in total. The Bertz CT molecular complexity index is 539. The van der Waals surface area contributed by atoms with Gasteiger partial charge in [-0.15, -0.1) is 0 Å². The molecule has 0 atom stereocenters. The lowest BCUT2D eigenvalue weighted by Gasteiger charge is -2.21. The number of nitrogens with zero attached hydrogens (tertiary/aromatic N) is 1. The van der Waals surface area contributed by atoms with Gasteiger partial charge in [-0.1, -0.05) is 59.2 Å². The van der Waals surface area contributed by atoms with E-state index in [9.17, 15) is 9.59 Å². The van der Waals surface area contributed by atoms with E-state index in [1.165, 1.54) is 0 Å². The molecule has 2 amide bonds. The van der Waals surface area contributed by atoms with Crippen LogP contribution in [0.5, 0.6) is 0 Å². The van der Waals surface area contributed by atoms with E-state index in [2.05, 4.69) is 39.9 Å². The number of benzene rings is 1. The van der Waals surface area contributed by atoms with Gasteiger partial charge in [-0.3, -0.25) is 9.59 Å². The smallest absolute Gasteiger partial charge is 0.233 e. The first-order valence-electron chi connectivity index (χ1n) is 8.94. The zero-order valence-corrected chi connectivity index (χ0v) is 16.0. The highest BCUT2D eigenvalue weighted by Crippen LogP contribution is 2.32. The van der Waals surface area contributed by atoms with Crippen molar-refractivity contribution >= 4 is 17.5 Å². The topological polar surface area (TPSA) is 49.4 Å². The van der Waals surface area contributed by atoms with E-state index < -0.39 is 0 Å². The minimum atomic E-state index is -0.238. The highest BCUT2D eigenvalue weighted by atomic mass is 16.2. The van der Waals surface area contributed by atoms with E-state index >= 15 is 0 Å². The third kappa shape index (κ3) is 5.66. The highest BCUT2D eigenvalue weighted by molar-refractivity contribution is 6.04. The van der Waals surface area contributed by atoms with Crippen LogP contribution in [-0.4, -0.2) is 30.3 Å². The van der Waals surface area contributed by atoms with Crippen LogP contribution in [0.2, 0.25) is 0 Å². The van der Waals surface area contributed by atoms with Gasteiger partial charge in [0.15, 0.2) is 0 Å². The van der Waals surface area contributed by atoms with Gasteiger partial charge in [0.05, 0.1) is 0 Å². The fourth-order valence-electron chi connectivity index (χ4n) is 2.67. The molecule has 1 aromatic rings. The van der Waals surface area contributed by atoms with Crippen LogP contribution < -0.4 is 5.32 Å². The Hall–Kier alpha value is -1.84. The monoisotopic (exact) mass is 332 g/mol. The van der Waals surface area contributed by atoms with Gasteiger partial charge in [-0.05, 0) is 29.4 Å². The summed E-state index contributed by atoms with van der Waals surface area (Å²) in [5, 5.41) is 3.00. The minimum Gasteiger partial charge on any atom is -0.345 e. The van der Waals surface area contributed by atoms with Gasteiger partial charge in [-0.2, -0.15) is 0 Å². The van der Waals surface area contributed by atoms with Gasteiger partial charge in [0.2, 0.25) is 11.8 Å². The van der Waals surface area contributed by atoms with Crippen LogP contribution >= 0.6 is 0 Å². The Morgan fingerprint density at radius 2 is 1.62 bits per heavy atom. The normalized spacial score (nSPS) is 11.0. The van der Waals surface area contributed by atoms with E-state index in [-0.39, 0.29) is 18.2 Å². The number of hydrogen-bond donors (Lipinski definition) is 1. The Morgan fingerprint density at radius 1 is 1.08 bits per heavy atom. The molecule has 0 radical (unpaired) electrons. The molecule has 0 saturated heterocycles. The molecule has 0 aliphatic rings. The van der Waals surface area contributed by atoms with Crippen molar-refractivity contribution in [1.82, 2.24) is 4.90 Å². The summed E-state index contributed by atoms with van der Waals surface area (Å²) in [4.78, 5) is 26.2. The lowest BCUT2D eigenvalue weighted by molar-refractivity contribution is -0.133. The molecule has 0 unspecified atom stereocenters. The largest absolute Gasteiger partial charge is 0.345 e. The molecule has 0 aliphatic heterocycles. The highest BCUT2D eigenvalue weighted by Gasteiger charge is 2.18. The summed E-state index contributed by atoms with van der Waals surface area (Å²) in [6.07, 6.45) is 1.88. The number of anilines is 1. The van der Waals surface area contributed by atoms with Crippen LogP contribution in [-0.2, 0) is 9.59 Å². The van der Waals surface area contributed by atoms with Crippen LogP contribution in [0.1, 0.15) is 76.8 Å². The van der Waals surface area contributed by atoms with Crippen molar-refractivity contribution in [3.63, 3.8) is 0 Å². The lowest BCUT2D eigenvalue weighted by Crippen LogP contribution is -2.31. The molecule has 24 heavy (non-hydrogen) atoms. The Balaban J connectivity index is 2.88. The van der Waals surface area contributed by atoms with Crippen molar-refractivity contribution in [3.05, 3.63) is 29.3 Å². The van der Waals surface area contributed by atoms with Crippen LogP contribution in [0.3, 0.4) is 0 Å². The fourth-order valence-corrected chi connectivity index (χ4v) is 2.67. The number of nitrogens with one attached hydrogen (secondary N) is 1. The molecule has 0 fully saturated rings. The van der Waals surface area contributed by atoms with Gasteiger partial charge in [0.25, 0.3) is 0 Å². The van der Waals surface area contributed by atoms with E-state index in [0.717, 1.165) is 29.7 Å². The molecule has 0 aromatic heterocycles. The van der Waals surface area contributed by atoms with Gasteiger partial charge >= 0.3 is 0 Å². The van der Waals surface area contributed by atoms with Crippen molar-refractivity contribution in [2.75, 3.05) is 18.9 Å². The summed E-state index contributed by atoms with van der Waals surface area (Å²) in [5.41, 5.74) is 3.10. The van der Waals surface area contributed by atoms with E-state index in [0.29, 0.717) is 18.4 Å². The molecule has 0 spiro atoms. The summed E-state index contributed by atoms with van der Waals surface area (Å²) in [6, 6.07) is 6.12.